The van der Waals surface area contributed by atoms with Crippen LogP contribution in [0.3, 0.4) is 0 Å². The van der Waals surface area contributed by atoms with Crippen LogP contribution in [-0.2, 0) is 0 Å². The van der Waals surface area contributed by atoms with Crippen molar-refractivity contribution in [1.82, 2.24) is 25.3 Å². The number of tetrazole rings is 1. The summed E-state index contributed by atoms with van der Waals surface area (Å²) in [5.41, 5.74) is 0.740. The molecular formula is C15H14N6. The standard InChI is InChI=1S/C15H14N6/c1-2-4-11-10(3-1)14-16-18-19-21(14)17-15(11)20-12-8-5-6-9(7-8)13(12)20/h1-4,8-9,12-13H,5-7H2/t8-,9-,12-,13+,20?/m0/s1. The highest BCUT2D eigenvalue weighted by molar-refractivity contribution is 6.00. The number of benzene rings is 1. The number of hydrogen-bond acceptors (Lipinski definition) is 5. The van der Waals surface area contributed by atoms with Crippen molar-refractivity contribution in [3.63, 3.8) is 0 Å². The van der Waals surface area contributed by atoms with Crippen LogP contribution in [0.4, 0.5) is 5.82 Å². The number of anilines is 1. The molecule has 1 saturated heterocycles. The summed E-state index contributed by atoms with van der Waals surface area (Å²) in [7, 11) is 0. The second-order valence-electron chi connectivity index (χ2n) is 6.58. The fraction of sp³-hybridized carbons (Fsp3) is 0.467. The Balaban J connectivity index is 1.61. The number of aromatic nitrogens is 5. The summed E-state index contributed by atoms with van der Waals surface area (Å²) in [5, 5.41) is 18.9. The molecule has 104 valence electrons. The number of hydrogen-bond donors (Lipinski definition) is 0. The quantitative estimate of drug-likeness (QED) is 0.634. The number of nitrogens with zero attached hydrogens (tertiary/aromatic N) is 6. The van der Waals surface area contributed by atoms with Gasteiger partial charge in [0.25, 0.3) is 0 Å². The molecular weight excluding hydrogens is 264 g/mol. The Morgan fingerprint density at radius 3 is 2.57 bits per heavy atom. The van der Waals surface area contributed by atoms with Gasteiger partial charge in [-0.1, -0.05) is 24.3 Å². The molecule has 1 aromatic carbocycles. The second kappa shape index (κ2) is 3.32. The summed E-state index contributed by atoms with van der Waals surface area (Å²) in [6.45, 7) is 0. The topological polar surface area (TPSA) is 59.0 Å². The monoisotopic (exact) mass is 278 g/mol. The predicted octanol–water partition coefficient (Wildman–Crippen LogP) is 1.66. The molecule has 0 amide bonds. The van der Waals surface area contributed by atoms with E-state index >= 15 is 0 Å². The van der Waals surface area contributed by atoms with Gasteiger partial charge in [0, 0.05) is 10.8 Å². The highest BCUT2D eigenvalue weighted by atomic mass is 15.6. The van der Waals surface area contributed by atoms with Crippen molar-refractivity contribution >= 4 is 22.2 Å². The lowest BCUT2D eigenvalue weighted by molar-refractivity contribution is 0.546. The van der Waals surface area contributed by atoms with Gasteiger partial charge in [0.15, 0.2) is 5.82 Å². The maximum atomic E-state index is 4.71. The van der Waals surface area contributed by atoms with E-state index in [1.54, 1.807) is 4.63 Å². The van der Waals surface area contributed by atoms with Gasteiger partial charge in [-0.15, -0.1) is 14.8 Å². The molecule has 0 radical (unpaired) electrons. The maximum absolute atomic E-state index is 4.71. The lowest BCUT2D eigenvalue weighted by atomic mass is 10.0. The maximum Gasteiger partial charge on any atom is 0.207 e. The Morgan fingerprint density at radius 2 is 1.76 bits per heavy atom. The van der Waals surface area contributed by atoms with Crippen LogP contribution in [0.5, 0.6) is 0 Å². The van der Waals surface area contributed by atoms with Crippen molar-refractivity contribution < 1.29 is 0 Å². The molecule has 0 unspecified atom stereocenters. The average molecular weight is 278 g/mol. The lowest BCUT2D eigenvalue weighted by Crippen LogP contribution is -2.14. The van der Waals surface area contributed by atoms with E-state index in [1.165, 1.54) is 24.6 Å². The van der Waals surface area contributed by atoms with Crippen molar-refractivity contribution in [1.29, 1.82) is 0 Å². The molecule has 2 saturated carbocycles. The summed E-state index contributed by atoms with van der Waals surface area (Å²) < 4.78 is 1.58. The first kappa shape index (κ1) is 10.5. The van der Waals surface area contributed by atoms with Gasteiger partial charge < -0.3 is 4.90 Å². The van der Waals surface area contributed by atoms with Crippen LogP contribution in [0.25, 0.3) is 16.4 Å². The van der Waals surface area contributed by atoms with Gasteiger partial charge >= 0.3 is 0 Å². The lowest BCUT2D eigenvalue weighted by Gasteiger charge is -2.14. The van der Waals surface area contributed by atoms with Crippen LogP contribution in [0.15, 0.2) is 24.3 Å². The van der Waals surface area contributed by atoms with Crippen molar-refractivity contribution in [3.05, 3.63) is 24.3 Å². The molecule has 4 atom stereocenters. The van der Waals surface area contributed by atoms with Gasteiger partial charge in [-0.2, -0.15) is 0 Å². The van der Waals surface area contributed by atoms with E-state index in [2.05, 4.69) is 38.6 Å². The van der Waals surface area contributed by atoms with Crippen LogP contribution in [-0.4, -0.2) is 37.3 Å². The minimum Gasteiger partial charge on any atom is -0.344 e. The van der Waals surface area contributed by atoms with Gasteiger partial charge in [-0.05, 0) is 41.5 Å². The molecule has 3 aliphatic rings. The Hall–Kier alpha value is -2.24. The molecule has 3 aromatic rings. The van der Waals surface area contributed by atoms with Gasteiger partial charge in [0.1, 0.15) is 0 Å². The third-order valence-electron chi connectivity index (χ3n) is 5.68. The highest BCUT2D eigenvalue weighted by Crippen LogP contribution is 2.59. The molecule has 0 spiro atoms. The van der Waals surface area contributed by atoms with E-state index in [1.807, 2.05) is 6.07 Å². The zero-order chi connectivity index (χ0) is 13.6. The fourth-order valence-electron chi connectivity index (χ4n) is 4.85. The van der Waals surface area contributed by atoms with E-state index in [9.17, 15) is 0 Å². The van der Waals surface area contributed by atoms with E-state index in [-0.39, 0.29) is 0 Å². The first-order valence-electron chi connectivity index (χ1n) is 7.67. The zero-order valence-electron chi connectivity index (χ0n) is 11.4. The first-order valence-corrected chi connectivity index (χ1v) is 7.67. The van der Waals surface area contributed by atoms with Gasteiger partial charge in [0.05, 0.1) is 12.1 Å². The van der Waals surface area contributed by atoms with E-state index in [4.69, 9.17) is 5.10 Å². The van der Waals surface area contributed by atoms with Gasteiger partial charge in [0.2, 0.25) is 5.65 Å². The van der Waals surface area contributed by atoms with Crippen LogP contribution >= 0.6 is 0 Å². The summed E-state index contributed by atoms with van der Waals surface area (Å²) in [4.78, 5) is 2.52. The Labute approximate surface area is 120 Å². The Bertz CT molecular complexity index is 870. The third-order valence-corrected chi connectivity index (χ3v) is 5.68. The largest absolute Gasteiger partial charge is 0.344 e. The summed E-state index contributed by atoms with van der Waals surface area (Å²) in [6, 6.07) is 9.76. The summed E-state index contributed by atoms with van der Waals surface area (Å²) in [6.07, 6.45) is 4.22. The molecule has 2 aromatic heterocycles. The van der Waals surface area contributed by atoms with Crippen molar-refractivity contribution in [2.75, 3.05) is 4.90 Å². The fourth-order valence-corrected chi connectivity index (χ4v) is 4.85. The summed E-state index contributed by atoms with van der Waals surface area (Å²) in [5.74, 6) is 2.83. The molecule has 6 heteroatoms. The van der Waals surface area contributed by atoms with Crippen molar-refractivity contribution in [2.24, 2.45) is 11.8 Å². The van der Waals surface area contributed by atoms with Crippen LogP contribution in [0.1, 0.15) is 19.3 Å². The minimum atomic E-state index is 0.716. The molecule has 2 bridgehead atoms. The molecule has 21 heavy (non-hydrogen) atoms. The van der Waals surface area contributed by atoms with E-state index < -0.39 is 0 Å². The molecule has 2 aliphatic carbocycles. The Morgan fingerprint density at radius 1 is 1.00 bits per heavy atom. The van der Waals surface area contributed by atoms with Crippen LogP contribution < -0.4 is 4.90 Å². The molecule has 3 heterocycles. The zero-order valence-corrected chi connectivity index (χ0v) is 11.4. The molecule has 1 aliphatic heterocycles. The third kappa shape index (κ3) is 1.16. The molecule has 0 N–H and O–H groups in total. The predicted molar refractivity (Wildman–Crippen MR) is 77.0 cm³/mol. The van der Waals surface area contributed by atoms with Crippen LogP contribution in [0, 0.1) is 11.8 Å². The highest BCUT2D eigenvalue weighted by Gasteiger charge is 2.64. The van der Waals surface area contributed by atoms with E-state index in [0.717, 1.165) is 28.7 Å². The summed E-state index contributed by atoms with van der Waals surface area (Å²) >= 11 is 0. The van der Waals surface area contributed by atoms with Gasteiger partial charge in [-0.3, -0.25) is 0 Å². The van der Waals surface area contributed by atoms with Crippen molar-refractivity contribution in [2.45, 2.75) is 31.3 Å². The molecule has 6 rings (SSSR count). The second-order valence-corrected chi connectivity index (χ2v) is 6.58. The molecule has 3 fully saturated rings. The SMILES string of the molecule is c1ccc2c(c1)c(N1[C@@H]3[C@H]4CC[C@@H](C4)[C@@H]31)nn1nnnc21. The van der Waals surface area contributed by atoms with Crippen molar-refractivity contribution in [3.8, 4) is 0 Å². The van der Waals surface area contributed by atoms with Gasteiger partial charge in [-0.25, -0.2) is 0 Å². The molecule has 6 nitrogen and oxygen atoms in total. The number of piperidine rings is 1. The smallest absolute Gasteiger partial charge is 0.207 e. The van der Waals surface area contributed by atoms with E-state index in [0.29, 0.717) is 12.1 Å². The first-order chi connectivity index (χ1) is 10.4. The Kier molecular flexibility index (Phi) is 1.66. The average Bonchev–Trinajstić information content (AvgIpc) is 2.91. The number of fused-ring (bicyclic) bond motifs is 8. The normalized spacial score (nSPS) is 33.0. The number of rotatable bonds is 1. The van der Waals surface area contributed by atoms with Crippen LogP contribution in [0.2, 0.25) is 0 Å². The minimum absolute atomic E-state index is 0.716.